The fourth-order valence-corrected chi connectivity index (χ4v) is 3.51. The maximum absolute atomic E-state index is 12.7. The molecular weight excluding hydrogens is 312 g/mol. The molecule has 0 unspecified atom stereocenters. The van der Waals surface area contributed by atoms with Crippen LogP contribution in [-0.2, 0) is 4.79 Å². The van der Waals surface area contributed by atoms with Gasteiger partial charge in [-0.3, -0.25) is 14.0 Å². The Labute approximate surface area is 136 Å². The molecule has 2 aromatic heterocycles. The first-order valence-corrected chi connectivity index (χ1v) is 8.18. The molecule has 1 saturated heterocycles. The lowest BCUT2D eigenvalue weighted by molar-refractivity contribution is -0.123. The molecule has 1 fully saturated rings. The van der Waals surface area contributed by atoms with E-state index in [0.29, 0.717) is 18.8 Å². The van der Waals surface area contributed by atoms with Crippen LogP contribution < -0.4 is 5.32 Å². The highest BCUT2D eigenvalue weighted by Crippen LogP contribution is 2.24. The average Bonchev–Trinajstić information content (AvgIpc) is 3.15. The number of rotatable bonds is 2. The molecule has 0 spiro atoms. The Morgan fingerprint density at radius 1 is 1.26 bits per heavy atom. The largest absolute Gasteiger partial charge is 0.353 e. The number of amides is 2. The quantitative estimate of drug-likeness (QED) is 0.778. The molecular formula is C16H14N4O2S. The first-order valence-electron chi connectivity index (χ1n) is 7.30. The number of thiazole rings is 1. The predicted molar refractivity (Wildman–Crippen MR) is 87.4 cm³/mol. The van der Waals surface area contributed by atoms with Crippen molar-refractivity contribution in [3.05, 3.63) is 47.6 Å². The van der Waals surface area contributed by atoms with Crippen LogP contribution in [0.1, 0.15) is 10.5 Å². The molecule has 23 heavy (non-hydrogen) atoms. The van der Waals surface area contributed by atoms with E-state index < -0.39 is 0 Å². The summed E-state index contributed by atoms with van der Waals surface area (Å²) in [6.45, 7) is 1.13. The van der Waals surface area contributed by atoms with Gasteiger partial charge in [-0.2, -0.15) is 0 Å². The van der Waals surface area contributed by atoms with Gasteiger partial charge in [0.15, 0.2) is 4.96 Å². The lowest BCUT2D eigenvalue weighted by Crippen LogP contribution is -2.50. The van der Waals surface area contributed by atoms with Crippen LogP contribution in [0.5, 0.6) is 0 Å². The van der Waals surface area contributed by atoms with Gasteiger partial charge in [0, 0.05) is 30.2 Å². The molecule has 4 rings (SSSR count). The summed E-state index contributed by atoms with van der Waals surface area (Å²) in [5.74, 6) is -0.255. The minimum Gasteiger partial charge on any atom is -0.353 e. The number of hydrogen-bond donors (Lipinski definition) is 1. The highest BCUT2D eigenvalue weighted by atomic mass is 32.1. The number of hydrogen-bond acceptors (Lipinski definition) is 4. The highest BCUT2D eigenvalue weighted by Gasteiger charge is 2.25. The van der Waals surface area contributed by atoms with Crippen LogP contribution in [-0.4, -0.2) is 45.7 Å². The molecule has 3 heterocycles. The normalized spacial score (nSPS) is 15.0. The Morgan fingerprint density at radius 3 is 2.87 bits per heavy atom. The van der Waals surface area contributed by atoms with Gasteiger partial charge in [-0.05, 0) is 0 Å². The number of imidazole rings is 1. The van der Waals surface area contributed by atoms with Crippen molar-refractivity contribution >= 4 is 28.1 Å². The first-order chi connectivity index (χ1) is 11.2. The van der Waals surface area contributed by atoms with Crippen LogP contribution in [0, 0.1) is 0 Å². The Morgan fingerprint density at radius 2 is 2.09 bits per heavy atom. The van der Waals surface area contributed by atoms with E-state index in [1.54, 1.807) is 10.3 Å². The van der Waals surface area contributed by atoms with Crippen molar-refractivity contribution < 1.29 is 9.59 Å². The summed E-state index contributed by atoms with van der Waals surface area (Å²) in [6.07, 6.45) is 1.87. The molecule has 0 radical (unpaired) electrons. The number of nitrogens with zero attached hydrogens (tertiary/aromatic N) is 3. The van der Waals surface area contributed by atoms with E-state index in [-0.39, 0.29) is 18.4 Å². The van der Waals surface area contributed by atoms with Crippen molar-refractivity contribution in [3.63, 3.8) is 0 Å². The van der Waals surface area contributed by atoms with E-state index in [9.17, 15) is 9.59 Å². The van der Waals surface area contributed by atoms with Crippen LogP contribution in [0.2, 0.25) is 0 Å². The summed E-state index contributed by atoms with van der Waals surface area (Å²) < 4.78 is 1.81. The van der Waals surface area contributed by atoms with E-state index in [2.05, 4.69) is 10.3 Å². The lowest BCUT2D eigenvalue weighted by atomic mass is 10.2. The second-order valence-electron chi connectivity index (χ2n) is 5.34. The summed E-state index contributed by atoms with van der Waals surface area (Å²) in [7, 11) is 0. The number of carbonyl (C=O) groups is 2. The molecule has 3 aromatic rings. The van der Waals surface area contributed by atoms with Crippen molar-refractivity contribution in [3.8, 4) is 11.3 Å². The summed E-state index contributed by atoms with van der Waals surface area (Å²) in [5.41, 5.74) is 2.40. The Hall–Kier alpha value is -2.67. The summed E-state index contributed by atoms with van der Waals surface area (Å²) >= 11 is 1.43. The molecule has 0 atom stereocenters. The number of aromatic nitrogens is 2. The zero-order chi connectivity index (χ0) is 15.8. The third-order valence-electron chi connectivity index (χ3n) is 3.82. The van der Waals surface area contributed by atoms with Gasteiger partial charge >= 0.3 is 0 Å². The van der Waals surface area contributed by atoms with Crippen LogP contribution in [0.15, 0.2) is 41.9 Å². The van der Waals surface area contributed by atoms with E-state index in [0.717, 1.165) is 16.2 Å². The molecule has 1 aromatic carbocycles. The molecule has 0 aliphatic carbocycles. The number of nitrogens with one attached hydrogen (secondary N) is 1. The fourth-order valence-electron chi connectivity index (χ4n) is 2.66. The zero-order valence-electron chi connectivity index (χ0n) is 12.2. The second kappa shape index (κ2) is 5.51. The van der Waals surface area contributed by atoms with Gasteiger partial charge in [0.05, 0.1) is 12.2 Å². The molecule has 2 amide bonds. The van der Waals surface area contributed by atoms with E-state index in [4.69, 9.17) is 0 Å². The van der Waals surface area contributed by atoms with Gasteiger partial charge in [0.1, 0.15) is 5.69 Å². The maximum atomic E-state index is 12.7. The number of piperazine rings is 1. The lowest BCUT2D eigenvalue weighted by Gasteiger charge is -2.26. The van der Waals surface area contributed by atoms with Crippen LogP contribution in [0.3, 0.4) is 0 Å². The van der Waals surface area contributed by atoms with Gasteiger partial charge in [-0.15, -0.1) is 11.3 Å². The molecule has 1 N–H and O–H groups in total. The van der Waals surface area contributed by atoms with E-state index in [1.807, 2.05) is 40.9 Å². The topological polar surface area (TPSA) is 66.7 Å². The van der Waals surface area contributed by atoms with Crippen molar-refractivity contribution in [1.29, 1.82) is 0 Å². The Kier molecular flexibility index (Phi) is 3.34. The maximum Gasteiger partial charge on any atom is 0.272 e. The fraction of sp³-hybridized carbons (Fsp3) is 0.188. The van der Waals surface area contributed by atoms with Crippen molar-refractivity contribution in [2.75, 3.05) is 19.6 Å². The second-order valence-corrected chi connectivity index (χ2v) is 6.18. The number of carbonyl (C=O) groups excluding carboxylic acids is 2. The monoisotopic (exact) mass is 326 g/mol. The zero-order valence-corrected chi connectivity index (χ0v) is 13.0. The smallest absolute Gasteiger partial charge is 0.272 e. The predicted octanol–water partition coefficient (Wildman–Crippen LogP) is 1.63. The SMILES string of the molecule is O=C1CN(C(=O)c2csc3nc(-c4ccccc4)cn23)CCN1. The van der Waals surface area contributed by atoms with Crippen LogP contribution in [0.4, 0.5) is 0 Å². The van der Waals surface area contributed by atoms with Crippen molar-refractivity contribution in [2.45, 2.75) is 0 Å². The molecule has 1 aliphatic rings. The minimum absolute atomic E-state index is 0.108. The average molecular weight is 326 g/mol. The van der Waals surface area contributed by atoms with Gasteiger partial charge < -0.3 is 10.2 Å². The van der Waals surface area contributed by atoms with Gasteiger partial charge in [0.25, 0.3) is 5.91 Å². The van der Waals surface area contributed by atoms with E-state index >= 15 is 0 Å². The van der Waals surface area contributed by atoms with E-state index in [1.165, 1.54) is 11.3 Å². The highest BCUT2D eigenvalue weighted by molar-refractivity contribution is 7.15. The van der Waals surface area contributed by atoms with Gasteiger partial charge in [0.2, 0.25) is 5.91 Å². The summed E-state index contributed by atoms with van der Waals surface area (Å²) in [6, 6.07) is 9.85. The molecule has 0 bridgehead atoms. The minimum atomic E-state index is -0.136. The Balaban J connectivity index is 1.69. The number of benzene rings is 1. The van der Waals surface area contributed by atoms with Gasteiger partial charge in [-0.25, -0.2) is 4.98 Å². The van der Waals surface area contributed by atoms with Crippen LogP contribution in [0.25, 0.3) is 16.2 Å². The molecule has 0 saturated carbocycles. The molecule has 116 valence electrons. The van der Waals surface area contributed by atoms with Crippen molar-refractivity contribution in [1.82, 2.24) is 19.6 Å². The third-order valence-corrected chi connectivity index (χ3v) is 4.66. The van der Waals surface area contributed by atoms with Crippen molar-refractivity contribution in [2.24, 2.45) is 0 Å². The first kappa shape index (κ1) is 14.0. The molecule has 6 nitrogen and oxygen atoms in total. The molecule has 7 heteroatoms. The Bertz CT molecular complexity index is 884. The number of fused-ring (bicyclic) bond motifs is 1. The van der Waals surface area contributed by atoms with Crippen LogP contribution >= 0.6 is 11.3 Å². The standard InChI is InChI=1S/C16H14N4O2S/c21-14-9-19(7-6-17-14)15(22)13-10-23-16-18-12(8-20(13)16)11-4-2-1-3-5-11/h1-5,8,10H,6-7,9H2,(H,17,21). The summed E-state index contributed by atoms with van der Waals surface area (Å²) in [5, 5.41) is 4.52. The third kappa shape index (κ3) is 2.49. The molecule has 1 aliphatic heterocycles. The van der Waals surface area contributed by atoms with Gasteiger partial charge in [-0.1, -0.05) is 30.3 Å². The summed E-state index contributed by atoms with van der Waals surface area (Å²) in [4.78, 5) is 31.1.